The van der Waals surface area contributed by atoms with Gasteiger partial charge in [-0.1, -0.05) is 30.3 Å². The van der Waals surface area contributed by atoms with Gasteiger partial charge in [-0.25, -0.2) is 4.79 Å². The van der Waals surface area contributed by atoms with Crippen LogP contribution in [0.5, 0.6) is 5.75 Å². The molecule has 9 nitrogen and oxygen atoms in total. The summed E-state index contributed by atoms with van der Waals surface area (Å²) < 4.78 is 29.2. The van der Waals surface area contributed by atoms with Crippen LogP contribution in [0.4, 0.5) is 0 Å². The first-order valence-electron chi connectivity index (χ1n) is 11.0. The van der Waals surface area contributed by atoms with Crippen LogP contribution in [0.1, 0.15) is 24.3 Å². The van der Waals surface area contributed by atoms with Crippen molar-refractivity contribution in [3.05, 3.63) is 76.1 Å². The number of aliphatic hydroxyl groups excluding tert-OH is 1. The zero-order chi connectivity index (χ0) is 23.8. The van der Waals surface area contributed by atoms with Crippen molar-refractivity contribution in [1.82, 2.24) is 5.32 Å². The van der Waals surface area contributed by atoms with E-state index in [1.807, 2.05) is 37.3 Å². The molecule has 2 aliphatic rings. The molecule has 0 radical (unpaired) electrons. The molecule has 2 aromatic carbocycles. The average Bonchev–Trinajstić information content (AvgIpc) is 2.81. The molecular formula is C25H25NO8. The molecule has 9 heteroatoms. The van der Waals surface area contributed by atoms with Gasteiger partial charge in [-0.2, -0.15) is 0 Å². The van der Waals surface area contributed by atoms with Crippen molar-refractivity contribution in [3.63, 3.8) is 0 Å². The van der Waals surface area contributed by atoms with Crippen LogP contribution in [0, 0.1) is 6.92 Å². The predicted molar refractivity (Wildman–Crippen MR) is 120 cm³/mol. The minimum atomic E-state index is -1.12. The van der Waals surface area contributed by atoms with Crippen molar-refractivity contribution >= 4 is 16.9 Å². The number of fused-ring (bicyclic) bond motifs is 2. The van der Waals surface area contributed by atoms with Gasteiger partial charge in [-0.15, -0.1) is 0 Å². The Kier molecular flexibility index (Phi) is 6.09. The molecule has 178 valence electrons. The molecule has 0 bridgehead atoms. The SMILES string of the molecule is CC(=O)N[C@H]1[C@H](Oc2ccc3c(C)cc(=O)oc3c2)O[C@@H]2COC(c3ccccc3)O[C@H]2[C@@H]1O. The maximum absolute atomic E-state index is 11.9. The Hall–Kier alpha value is -3.24. The number of ether oxygens (including phenoxy) is 4. The van der Waals surface area contributed by atoms with Gasteiger partial charge in [-0.3, -0.25) is 4.79 Å². The molecule has 2 saturated heterocycles. The number of carbonyl (C=O) groups excluding carboxylic acids is 1. The van der Waals surface area contributed by atoms with Crippen molar-refractivity contribution in [3.8, 4) is 5.75 Å². The van der Waals surface area contributed by atoms with E-state index in [0.29, 0.717) is 11.3 Å². The summed E-state index contributed by atoms with van der Waals surface area (Å²) >= 11 is 0. The number of hydrogen-bond acceptors (Lipinski definition) is 8. The lowest BCUT2D eigenvalue weighted by Gasteiger charge is -2.47. The summed E-state index contributed by atoms with van der Waals surface area (Å²) in [6.45, 7) is 3.33. The molecule has 2 aliphatic heterocycles. The molecule has 1 amide bonds. The Morgan fingerprint density at radius 2 is 1.91 bits per heavy atom. The third-order valence-electron chi connectivity index (χ3n) is 5.98. The van der Waals surface area contributed by atoms with Gasteiger partial charge in [0.05, 0.1) is 6.61 Å². The number of rotatable bonds is 4. The van der Waals surface area contributed by atoms with Crippen LogP contribution in [0.25, 0.3) is 11.0 Å². The highest BCUT2D eigenvalue weighted by Gasteiger charge is 2.50. The lowest BCUT2D eigenvalue weighted by atomic mass is 9.95. The van der Waals surface area contributed by atoms with Crippen molar-refractivity contribution < 1.29 is 33.3 Å². The number of carbonyl (C=O) groups is 1. The lowest BCUT2D eigenvalue weighted by molar-refractivity contribution is -0.333. The molecule has 3 aromatic rings. The second-order valence-corrected chi connectivity index (χ2v) is 8.46. The van der Waals surface area contributed by atoms with Crippen LogP contribution in [-0.4, -0.2) is 48.3 Å². The second-order valence-electron chi connectivity index (χ2n) is 8.46. The Balaban J connectivity index is 1.39. The zero-order valence-electron chi connectivity index (χ0n) is 18.7. The number of amides is 1. The average molecular weight is 467 g/mol. The van der Waals surface area contributed by atoms with E-state index in [9.17, 15) is 14.7 Å². The fourth-order valence-electron chi connectivity index (χ4n) is 4.37. The minimum Gasteiger partial charge on any atom is -0.462 e. The first-order chi connectivity index (χ1) is 16.4. The van der Waals surface area contributed by atoms with E-state index in [1.54, 1.807) is 18.2 Å². The van der Waals surface area contributed by atoms with Gasteiger partial charge >= 0.3 is 5.63 Å². The molecule has 0 saturated carbocycles. The first-order valence-corrected chi connectivity index (χ1v) is 11.0. The molecule has 2 N–H and O–H groups in total. The van der Waals surface area contributed by atoms with Gasteiger partial charge in [0.25, 0.3) is 0 Å². The number of benzene rings is 2. The van der Waals surface area contributed by atoms with E-state index in [1.165, 1.54) is 13.0 Å². The summed E-state index contributed by atoms with van der Waals surface area (Å²) in [5.74, 6) is -0.00133. The highest BCUT2D eigenvalue weighted by Crippen LogP contribution is 2.35. The highest BCUT2D eigenvalue weighted by atomic mass is 16.7. The van der Waals surface area contributed by atoms with Gasteiger partial charge in [0.1, 0.15) is 35.7 Å². The van der Waals surface area contributed by atoms with Crippen LogP contribution >= 0.6 is 0 Å². The van der Waals surface area contributed by atoms with Gasteiger partial charge in [0, 0.05) is 30.0 Å². The Morgan fingerprint density at radius 1 is 1.12 bits per heavy atom. The van der Waals surface area contributed by atoms with E-state index in [4.69, 9.17) is 23.4 Å². The molecule has 0 spiro atoms. The number of hydrogen-bond donors (Lipinski definition) is 2. The maximum atomic E-state index is 11.9. The van der Waals surface area contributed by atoms with E-state index < -0.39 is 42.6 Å². The zero-order valence-corrected chi connectivity index (χ0v) is 18.7. The molecule has 5 rings (SSSR count). The molecule has 0 aliphatic carbocycles. The van der Waals surface area contributed by atoms with E-state index >= 15 is 0 Å². The first kappa shape index (κ1) is 22.5. The number of aliphatic hydroxyl groups is 1. The van der Waals surface area contributed by atoms with Crippen LogP contribution in [0.3, 0.4) is 0 Å². The fourth-order valence-corrected chi connectivity index (χ4v) is 4.37. The standard InChI is InChI=1S/C25H25NO8/c1-13-10-20(28)32-18-11-16(8-9-17(13)18)31-25-21(26-14(2)27)22(29)23-19(33-25)12-30-24(34-23)15-6-4-3-5-7-15/h3-11,19,21-25,29H,12H2,1-2H3,(H,26,27)/t19-,21-,22-,23-,24?,25-/m1/s1. The number of nitrogens with one attached hydrogen (secondary N) is 1. The molecule has 34 heavy (non-hydrogen) atoms. The molecule has 6 atom stereocenters. The van der Waals surface area contributed by atoms with Crippen molar-refractivity contribution in [2.75, 3.05) is 6.61 Å². The number of aryl methyl sites for hydroxylation is 1. The summed E-state index contributed by atoms with van der Waals surface area (Å²) in [5, 5.41) is 14.6. The molecule has 3 heterocycles. The summed E-state index contributed by atoms with van der Waals surface area (Å²) in [6, 6.07) is 15.0. The van der Waals surface area contributed by atoms with Gasteiger partial charge in [0.2, 0.25) is 12.2 Å². The van der Waals surface area contributed by atoms with Crippen molar-refractivity contribution in [1.29, 1.82) is 0 Å². The van der Waals surface area contributed by atoms with Crippen LogP contribution in [0.15, 0.2) is 63.8 Å². The van der Waals surface area contributed by atoms with Crippen molar-refractivity contribution in [2.45, 2.75) is 50.8 Å². The third kappa shape index (κ3) is 4.43. The van der Waals surface area contributed by atoms with Crippen molar-refractivity contribution in [2.24, 2.45) is 0 Å². The topological polar surface area (TPSA) is 116 Å². The predicted octanol–water partition coefficient (Wildman–Crippen LogP) is 2.18. The molecular weight excluding hydrogens is 442 g/mol. The van der Waals surface area contributed by atoms with Gasteiger partial charge < -0.3 is 33.8 Å². The summed E-state index contributed by atoms with van der Waals surface area (Å²) in [7, 11) is 0. The summed E-state index contributed by atoms with van der Waals surface area (Å²) in [6.07, 6.45) is -4.18. The van der Waals surface area contributed by atoms with Crippen LogP contribution in [-0.2, 0) is 19.0 Å². The van der Waals surface area contributed by atoms with Gasteiger partial charge in [-0.05, 0) is 24.6 Å². The molecule has 1 unspecified atom stereocenters. The second kappa shape index (κ2) is 9.19. The van der Waals surface area contributed by atoms with Crippen LogP contribution < -0.4 is 15.7 Å². The van der Waals surface area contributed by atoms with Gasteiger partial charge in [0.15, 0.2) is 6.29 Å². The Labute approximate surface area is 195 Å². The highest BCUT2D eigenvalue weighted by molar-refractivity contribution is 5.81. The largest absolute Gasteiger partial charge is 0.462 e. The third-order valence-corrected chi connectivity index (χ3v) is 5.98. The monoisotopic (exact) mass is 467 g/mol. The fraction of sp³-hybridized carbons (Fsp3) is 0.360. The lowest BCUT2D eigenvalue weighted by Crippen LogP contribution is -2.67. The summed E-state index contributed by atoms with van der Waals surface area (Å²) in [5.41, 5.74) is 1.50. The Bertz CT molecular complexity index is 1240. The Morgan fingerprint density at radius 3 is 2.68 bits per heavy atom. The van der Waals surface area contributed by atoms with E-state index in [2.05, 4.69) is 5.32 Å². The van der Waals surface area contributed by atoms with E-state index in [0.717, 1.165) is 16.5 Å². The smallest absolute Gasteiger partial charge is 0.336 e. The molecule has 2 fully saturated rings. The summed E-state index contributed by atoms with van der Waals surface area (Å²) in [4.78, 5) is 23.7. The quantitative estimate of drug-likeness (QED) is 0.561. The van der Waals surface area contributed by atoms with E-state index in [-0.39, 0.29) is 12.5 Å². The molecule has 1 aromatic heterocycles. The normalized spacial score (nSPS) is 28.8. The maximum Gasteiger partial charge on any atom is 0.336 e. The van der Waals surface area contributed by atoms with Crippen LogP contribution in [0.2, 0.25) is 0 Å². The minimum absolute atomic E-state index is 0.166.